The number of carbonyl (C=O) groups is 1. The van der Waals surface area contributed by atoms with E-state index in [9.17, 15) is 10.1 Å². The van der Waals surface area contributed by atoms with Gasteiger partial charge in [0.1, 0.15) is 0 Å². The van der Waals surface area contributed by atoms with Crippen molar-refractivity contribution in [2.45, 2.75) is 18.9 Å². The Morgan fingerprint density at radius 2 is 1.69 bits per heavy atom. The monoisotopic (exact) mass is 459 g/mol. The molecule has 0 unspecified atom stereocenters. The Labute approximate surface area is 204 Å². The highest BCUT2D eigenvalue weighted by atomic mass is 16.2. The minimum Gasteiger partial charge on any atom is -0.387 e. The standard InChI is InChI=1S/C29H25N5O/c30-17-20-3-1-5-22(13-20)25-15-23-7-10-32-19-27(23)28(16-25)33-26-8-11-34(12-9-26)29(35)24-6-2-4-21(14-24)18-31/h1-7,13-16,19,26,32-33H,8-12H2. The highest BCUT2D eigenvalue weighted by Gasteiger charge is 2.24. The average molecular weight is 460 g/mol. The molecule has 172 valence electrons. The van der Waals surface area contributed by atoms with E-state index < -0.39 is 0 Å². The van der Waals surface area contributed by atoms with Crippen molar-refractivity contribution in [2.75, 3.05) is 25.0 Å². The first-order valence-corrected chi connectivity index (χ1v) is 11.8. The van der Waals surface area contributed by atoms with Gasteiger partial charge in [-0.15, -0.1) is 0 Å². The van der Waals surface area contributed by atoms with Crippen LogP contribution in [0, 0.1) is 22.7 Å². The molecule has 2 N–H and O–H groups in total. The van der Waals surface area contributed by atoms with E-state index in [4.69, 9.17) is 5.26 Å². The van der Waals surface area contributed by atoms with Crippen LogP contribution in [0.2, 0.25) is 0 Å². The summed E-state index contributed by atoms with van der Waals surface area (Å²) in [5.74, 6) is -0.0237. The van der Waals surface area contributed by atoms with Crippen LogP contribution in [0.25, 0.3) is 23.4 Å². The number of hydrogen-bond acceptors (Lipinski definition) is 5. The van der Waals surface area contributed by atoms with Gasteiger partial charge in [-0.2, -0.15) is 10.5 Å². The van der Waals surface area contributed by atoms with Gasteiger partial charge in [-0.3, -0.25) is 4.79 Å². The fourth-order valence-corrected chi connectivity index (χ4v) is 4.74. The second kappa shape index (κ2) is 9.75. The number of carbonyl (C=O) groups excluding carboxylic acids is 1. The molecule has 0 saturated carbocycles. The summed E-state index contributed by atoms with van der Waals surface area (Å²) in [6.45, 7) is 2.10. The summed E-state index contributed by atoms with van der Waals surface area (Å²) >= 11 is 0. The van der Waals surface area contributed by atoms with Crippen LogP contribution in [0.3, 0.4) is 0 Å². The van der Waals surface area contributed by atoms with E-state index >= 15 is 0 Å². The van der Waals surface area contributed by atoms with E-state index in [1.165, 1.54) is 0 Å². The Bertz CT molecular complexity index is 1490. The number of amides is 1. The lowest BCUT2D eigenvalue weighted by molar-refractivity contribution is 0.0718. The third-order valence-electron chi connectivity index (χ3n) is 6.60. The van der Waals surface area contributed by atoms with Crippen LogP contribution in [-0.2, 0) is 0 Å². The van der Waals surface area contributed by atoms with Crippen molar-refractivity contribution in [1.82, 2.24) is 10.2 Å². The summed E-state index contributed by atoms with van der Waals surface area (Å²) in [7, 11) is 0. The van der Waals surface area contributed by atoms with Crippen LogP contribution in [0.4, 0.5) is 5.69 Å². The molecule has 0 spiro atoms. The fourth-order valence-electron chi connectivity index (χ4n) is 4.74. The maximum atomic E-state index is 12.9. The minimum atomic E-state index is -0.0237. The third-order valence-corrected chi connectivity index (χ3v) is 6.60. The number of piperidine rings is 1. The van der Waals surface area contributed by atoms with Gasteiger partial charge in [-0.1, -0.05) is 24.3 Å². The zero-order chi connectivity index (χ0) is 24.2. The second-order valence-electron chi connectivity index (χ2n) is 8.88. The van der Waals surface area contributed by atoms with E-state index in [-0.39, 0.29) is 11.9 Å². The van der Waals surface area contributed by atoms with E-state index in [1.54, 1.807) is 24.3 Å². The average Bonchev–Trinajstić information content (AvgIpc) is 2.93. The van der Waals surface area contributed by atoms with Gasteiger partial charge < -0.3 is 15.5 Å². The van der Waals surface area contributed by atoms with Crippen molar-refractivity contribution < 1.29 is 4.79 Å². The molecule has 6 heteroatoms. The Balaban J connectivity index is 1.35. The summed E-state index contributed by atoms with van der Waals surface area (Å²) in [5.41, 5.74) is 4.84. The topological polar surface area (TPSA) is 92.0 Å². The lowest BCUT2D eigenvalue weighted by Crippen LogP contribution is -2.44. The van der Waals surface area contributed by atoms with Crippen LogP contribution in [-0.4, -0.2) is 36.5 Å². The predicted molar refractivity (Wildman–Crippen MR) is 136 cm³/mol. The molecule has 1 amide bonds. The molecule has 2 aliphatic heterocycles. The molecule has 1 fully saturated rings. The van der Waals surface area contributed by atoms with Gasteiger partial charge >= 0.3 is 0 Å². The number of likely N-dealkylation sites (tertiary alicyclic amines) is 1. The van der Waals surface area contributed by atoms with Crippen LogP contribution < -0.4 is 21.1 Å². The molecule has 0 aromatic heterocycles. The number of hydrogen-bond donors (Lipinski definition) is 2. The van der Waals surface area contributed by atoms with Crippen LogP contribution in [0.1, 0.15) is 34.3 Å². The van der Waals surface area contributed by atoms with Gasteiger partial charge in [0.05, 0.1) is 23.3 Å². The molecule has 2 aliphatic rings. The molecule has 35 heavy (non-hydrogen) atoms. The molecule has 2 heterocycles. The van der Waals surface area contributed by atoms with Gasteiger partial charge in [0.25, 0.3) is 5.91 Å². The number of benzene rings is 3. The summed E-state index contributed by atoms with van der Waals surface area (Å²) in [6, 6.07) is 23.5. The van der Waals surface area contributed by atoms with Crippen molar-refractivity contribution in [2.24, 2.45) is 0 Å². The summed E-state index contributed by atoms with van der Waals surface area (Å²) in [5, 5.41) is 27.8. The highest BCUT2D eigenvalue weighted by Crippen LogP contribution is 2.23. The number of nitrogens with zero attached hydrogens (tertiary/aromatic N) is 3. The fraction of sp³-hybridized carbons (Fsp3) is 0.207. The number of anilines is 1. The Hall–Kier alpha value is -4.55. The lowest BCUT2D eigenvalue weighted by Gasteiger charge is -2.33. The summed E-state index contributed by atoms with van der Waals surface area (Å²) < 4.78 is 0. The molecule has 0 aliphatic carbocycles. The summed E-state index contributed by atoms with van der Waals surface area (Å²) in [4.78, 5) is 14.8. The van der Waals surface area contributed by atoms with Gasteiger partial charge in [0.2, 0.25) is 0 Å². The molecule has 6 nitrogen and oxygen atoms in total. The first-order valence-electron chi connectivity index (χ1n) is 11.8. The maximum Gasteiger partial charge on any atom is 0.253 e. The molecular weight excluding hydrogens is 434 g/mol. The quantitative estimate of drug-likeness (QED) is 0.626. The Kier molecular flexibility index (Phi) is 6.20. The molecule has 3 aromatic carbocycles. The zero-order valence-corrected chi connectivity index (χ0v) is 19.3. The van der Waals surface area contributed by atoms with Crippen molar-refractivity contribution in [3.05, 3.63) is 87.8 Å². The van der Waals surface area contributed by atoms with Crippen LogP contribution in [0.5, 0.6) is 0 Å². The minimum absolute atomic E-state index is 0.0237. The van der Waals surface area contributed by atoms with Gasteiger partial charge in [-0.25, -0.2) is 0 Å². The molecule has 0 bridgehead atoms. The van der Waals surface area contributed by atoms with E-state index in [0.717, 1.165) is 46.6 Å². The van der Waals surface area contributed by atoms with Gasteiger partial charge in [0, 0.05) is 48.3 Å². The van der Waals surface area contributed by atoms with Crippen molar-refractivity contribution in [3.63, 3.8) is 0 Å². The number of fused-ring (bicyclic) bond motifs is 1. The molecule has 0 radical (unpaired) electrons. The number of rotatable bonds is 4. The van der Waals surface area contributed by atoms with Gasteiger partial charge in [-0.05, 0) is 71.7 Å². The highest BCUT2D eigenvalue weighted by molar-refractivity contribution is 5.94. The largest absolute Gasteiger partial charge is 0.387 e. The normalized spacial score (nSPS) is 14.9. The molecule has 5 rings (SSSR count). The van der Waals surface area contributed by atoms with Crippen molar-refractivity contribution in [3.8, 4) is 23.3 Å². The summed E-state index contributed by atoms with van der Waals surface area (Å²) in [6.07, 6.45) is 5.90. The van der Waals surface area contributed by atoms with E-state index in [0.29, 0.717) is 29.8 Å². The SMILES string of the molecule is N#Cc1cccc(C(=O)N2CCC(Nc3cc(-c4cccc(C#N)c4)cc4c3=CNCC=4)CC2)c1. The van der Waals surface area contributed by atoms with Gasteiger partial charge in [0.15, 0.2) is 0 Å². The van der Waals surface area contributed by atoms with Crippen molar-refractivity contribution in [1.29, 1.82) is 10.5 Å². The molecule has 0 atom stereocenters. The van der Waals surface area contributed by atoms with Crippen molar-refractivity contribution >= 4 is 23.9 Å². The second-order valence-corrected chi connectivity index (χ2v) is 8.88. The van der Waals surface area contributed by atoms with E-state index in [1.807, 2.05) is 35.4 Å². The molecule has 1 saturated heterocycles. The first kappa shape index (κ1) is 22.3. The van der Waals surface area contributed by atoms with E-state index in [2.05, 4.69) is 41.0 Å². The Morgan fingerprint density at radius 1 is 0.943 bits per heavy atom. The lowest BCUT2D eigenvalue weighted by atomic mass is 9.98. The molecule has 3 aromatic rings. The first-order chi connectivity index (χ1) is 17.1. The number of nitriles is 2. The van der Waals surface area contributed by atoms with Crippen LogP contribution in [0.15, 0.2) is 60.7 Å². The predicted octanol–water partition coefficient (Wildman–Crippen LogP) is 2.94. The third kappa shape index (κ3) is 4.74. The maximum absolute atomic E-state index is 12.9. The number of nitrogens with one attached hydrogen (secondary N) is 2. The van der Waals surface area contributed by atoms with Crippen LogP contribution >= 0.6 is 0 Å². The zero-order valence-electron chi connectivity index (χ0n) is 19.3. The smallest absolute Gasteiger partial charge is 0.253 e. The Morgan fingerprint density at radius 3 is 2.46 bits per heavy atom. The molecular formula is C29H25N5O.